The first-order chi connectivity index (χ1) is 9.36. The van der Waals surface area contributed by atoms with Gasteiger partial charge in [-0.1, -0.05) is 0 Å². The molecule has 0 fully saturated rings. The van der Waals surface area contributed by atoms with E-state index in [4.69, 9.17) is 10.3 Å². The van der Waals surface area contributed by atoms with Crippen LogP contribution in [0.15, 0.2) is 57.6 Å². The molecule has 3 N–H and O–H groups in total. The van der Waals surface area contributed by atoms with E-state index in [1.54, 1.807) is 12.1 Å². The van der Waals surface area contributed by atoms with Gasteiger partial charge in [0, 0.05) is 6.07 Å². The minimum atomic E-state index is -4.37. The van der Waals surface area contributed by atoms with E-state index in [-0.39, 0.29) is 5.69 Å². The van der Waals surface area contributed by atoms with E-state index in [1.165, 1.54) is 18.2 Å². The van der Waals surface area contributed by atoms with Crippen LogP contribution in [-0.2, 0) is 10.1 Å². The molecular formula is C12H10N3O4S. The van der Waals surface area contributed by atoms with Gasteiger partial charge in [-0.25, -0.2) is 0 Å². The maximum Gasteiger partial charge on any atom is 0.294 e. The third kappa shape index (κ3) is 3.31. The Hall–Kier alpha value is -2.45. The van der Waals surface area contributed by atoms with Crippen molar-refractivity contribution in [2.24, 2.45) is 10.2 Å². The second-order valence-corrected chi connectivity index (χ2v) is 5.29. The summed E-state index contributed by atoms with van der Waals surface area (Å²) in [5, 5.41) is 17.2. The van der Waals surface area contributed by atoms with E-state index in [1.807, 2.05) is 0 Å². The first-order valence-corrected chi connectivity index (χ1v) is 6.84. The zero-order valence-corrected chi connectivity index (χ0v) is 10.9. The van der Waals surface area contributed by atoms with Crippen LogP contribution in [0.3, 0.4) is 0 Å². The molecule has 0 aromatic heterocycles. The van der Waals surface area contributed by atoms with Crippen LogP contribution in [0.4, 0.5) is 17.1 Å². The Bertz CT molecular complexity index is 755. The van der Waals surface area contributed by atoms with Crippen molar-refractivity contribution in [3.05, 3.63) is 42.5 Å². The van der Waals surface area contributed by atoms with Crippen molar-refractivity contribution in [3.8, 4) is 5.75 Å². The number of benzene rings is 2. The van der Waals surface area contributed by atoms with Crippen LogP contribution in [0.1, 0.15) is 0 Å². The van der Waals surface area contributed by atoms with E-state index < -0.39 is 20.8 Å². The maximum atomic E-state index is 10.9. The Kier molecular flexibility index (Phi) is 3.68. The third-order valence-electron chi connectivity index (χ3n) is 2.39. The van der Waals surface area contributed by atoms with E-state index in [0.717, 1.165) is 12.1 Å². The molecule has 0 heterocycles. The lowest BCUT2D eigenvalue weighted by Gasteiger charge is -2.00. The van der Waals surface area contributed by atoms with Gasteiger partial charge in [0.1, 0.15) is 11.4 Å². The minimum Gasteiger partial charge on any atom is -0.506 e. The molecule has 0 aliphatic rings. The fourth-order valence-electron chi connectivity index (χ4n) is 1.39. The Morgan fingerprint density at radius 1 is 1.00 bits per heavy atom. The summed E-state index contributed by atoms with van der Waals surface area (Å²) in [5.41, 5.74) is 8.20. The Labute approximate surface area is 115 Å². The van der Waals surface area contributed by atoms with E-state index in [9.17, 15) is 13.5 Å². The van der Waals surface area contributed by atoms with Crippen LogP contribution >= 0.6 is 0 Å². The molecule has 0 saturated carbocycles. The molecule has 103 valence electrons. The highest BCUT2D eigenvalue weighted by molar-refractivity contribution is 7.85. The molecule has 8 heteroatoms. The minimum absolute atomic E-state index is 0.0624. The van der Waals surface area contributed by atoms with Crippen molar-refractivity contribution < 1.29 is 18.1 Å². The van der Waals surface area contributed by atoms with Crippen molar-refractivity contribution in [2.75, 3.05) is 0 Å². The summed E-state index contributed by atoms with van der Waals surface area (Å²) in [6.45, 7) is 0. The molecule has 0 aliphatic heterocycles. The lowest BCUT2D eigenvalue weighted by Crippen LogP contribution is -1.96. The number of nitrogens with zero attached hydrogens (tertiary/aromatic N) is 2. The fraction of sp³-hybridized carbons (Fsp3) is 0. The number of rotatable bonds is 3. The van der Waals surface area contributed by atoms with Crippen LogP contribution < -0.4 is 5.73 Å². The third-order valence-corrected chi connectivity index (χ3v) is 3.23. The topological polar surface area (TPSA) is 123 Å². The Morgan fingerprint density at radius 2 is 1.65 bits per heavy atom. The zero-order valence-electron chi connectivity index (χ0n) is 10.1. The lowest BCUT2D eigenvalue weighted by atomic mass is 10.3. The summed E-state index contributed by atoms with van der Waals surface area (Å²) in [5.74, 6) is -0.416. The fourth-order valence-corrected chi connectivity index (χ4v) is 1.89. The molecule has 0 aliphatic carbocycles. The van der Waals surface area contributed by atoms with E-state index >= 15 is 0 Å². The number of phenolic OH excluding ortho intramolecular Hbond substituents is 1. The number of hydrogen-bond donors (Lipinski definition) is 2. The second kappa shape index (κ2) is 5.27. The molecule has 7 nitrogen and oxygen atoms in total. The Morgan fingerprint density at radius 3 is 2.20 bits per heavy atom. The van der Waals surface area contributed by atoms with Gasteiger partial charge < -0.3 is 10.8 Å². The maximum absolute atomic E-state index is 10.9. The van der Waals surface area contributed by atoms with Gasteiger partial charge in [0.15, 0.2) is 0 Å². The summed E-state index contributed by atoms with van der Waals surface area (Å²) >= 11 is 0. The zero-order chi connectivity index (χ0) is 14.8. The predicted octanol–water partition coefficient (Wildman–Crippen LogP) is 2.97. The predicted molar refractivity (Wildman–Crippen MR) is 71.3 cm³/mol. The summed E-state index contributed by atoms with van der Waals surface area (Å²) in [4.78, 5) is -0.424. The van der Waals surface area contributed by atoms with Gasteiger partial charge in [0.25, 0.3) is 10.1 Å². The van der Waals surface area contributed by atoms with Crippen molar-refractivity contribution in [2.45, 2.75) is 4.90 Å². The molecule has 0 atom stereocenters. The highest BCUT2D eigenvalue weighted by Crippen LogP contribution is 2.30. The molecule has 1 radical (unpaired) electrons. The quantitative estimate of drug-likeness (QED) is 0.666. The summed E-state index contributed by atoms with van der Waals surface area (Å²) in [7, 11) is -4.37. The van der Waals surface area contributed by atoms with Crippen molar-refractivity contribution in [1.29, 1.82) is 0 Å². The number of nitrogens with one attached hydrogen (secondary N) is 1. The highest BCUT2D eigenvalue weighted by atomic mass is 32.2. The second-order valence-electron chi connectivity index (χ2n) is 3.87. The average molecular weight is 292 g/mol. The van der Waals surface area contributed by atoms with Gasteiger partial charge in [-0.05, 0) is 36.4 Å². The van der Waals surface area contributed by atoms with Crippen LogP contribution in [0, 0.1) is 0 Å². The summed E-state index contributed by atoms with van der Waals surface area (Å²) < 4.78 is 30.6. The van der Waals surface area contributed by atoms with Crippen molar-refractivity contribution in [3.63, 3.8) is 0 Å². The SMILES string of the molecule is [NH]c1ccc(N=Nc2ccc(S(=O)(=O)O)cc2O)cc1. The number of hydrogen-bond acceptors (Lipinski definition) is 5. The Balaban J connectivity index is 2.28. The molecule has 0 amide bonds. The summed E-state index contributed by atoms with van der Waals surface area (Å²) in [6.07, 6.45) is 0. The summed E-state index contributed by atoms with van der Waals surface area (Å²) in [6, 6.07) is 9.45. The number of phenols is 1. The molecule has 2 aromatic carbocycles. The van der Waals surface area contributed by atoms with Crippen LogP contribution in [0.2, 0.25) is 0 Å². The van der Waals surface area contributed by atoms with Gasteiger partial charge in [-0.3, -0.25) is 4.55 Å². The van der Waals surface area contributed by atoms with Crippen LogP contribution in [0.25, 0.3) is 0 Å². The molecule has 0 unspecified atom stereocenters. The highest BCUT2D eigenvalue weighted by Gasteiger charge is 2.12. The molecule has 2 rings (SSSR count). The smallest absolute Gasteiger partial charge is 0.294 e. The van der Waals surface area contributed by atoms with Crippen LogP contribution in [0.5, 0.6) is 5.75 Å². The van der Waals surface area contributed by atoms with Crippen molar-refractivity contribution in [1.82, 2.24) is 5.73 Å². The van der Waals surface area contributed by atoms with Gasteiger partial charge >= 0.3 is 0 Å². The standard InChI is InChI=1S/C12H10N3O4S/c13-8-1-3-9(4-2-8)14-15-11-6-5-10(7-12(11)16)20(17,18)19/h1-7,13,16H,(H,17,18,19). The van der Waals surface area contributed by atoms with Gasteiger partial charge in [-0.2, -0.15) is 13.5 Å². The normalized spacial score (nSPS) is 11.8. The van der Waals surface area contributed by atoms with E-state index in [2.05, 4.69) is 10.2 Å². The first kappa shape index (κ1) is 14.0. The van der Waals surface area contributed by atoms with Gasteiger partial charge in [-0.15, -0.1) is 5.11 Å². The number of aromatic hydroxyl groups is 1. The average Bonchev–Trinajstić information content (AvgIpc) is 2.38. The van der Waals surface area contributed by atoms with Crippen molar-refractivity contribution >= 4 is 27.2 Å². The lowest BCUT2D eigenvalue weighted by molar-refractivity contribution is 0.467. The number of azo groups is 1. The van der Waals surface area contributed by atoms with E-state index in [0.29, 0.717) is 11.4 Å². The largest absolute Gasteiger partial charge is 0.506 e. The van der Waals surface area contributed by atoms with Gasteiger partial charge in [0.05, 0.1) is 16.3 Å². The molecule has 2 aromatic rings. The first-order valence-electron chi connectivity index (χ1n) is 5.40. The molecular weight excluding hydrogens is 282 g/mol. The van der Waals surface area contributed by atoms with Gasteiger partial charge in [0.2, 0.25) is 0 Å². The monoisotopic (exact) mass is 292 g/mol. The van der Waals surface area contributed by atoms with Crippen LogP contribution in [-0.4, -0.2) is 18.1 Å². The molecule has 0 saturated heterocycles. The molecule has 20 heavy (non-hydrogen) atoms. The molecule has 0 bridgehead atoms. The molecule has 0 spiro atoms.